The van der Waals surface area contributed by atoms with Gasteiger partial charge in [0.2, 0.25) is 11.8 Å². The number of halogens is 1. The second-order valence-corrected chi connectivity index (χ2v) is 6.70. The van der Waals surface area contributed by atoms with E-state index in [-0.39, 0.29) is 11.8 Å². The second-order valence-electron chi connectivity index (χ2n) is 6.29. The third-order valence-electron chi connectivity index (χ3n) is 4.38. The van der Waals surface area contributed by atoms with Crippen molar-refractivity contribution in [2.45, 2.75) is 26.7 Å². The van der Waals surface area contributed by atoms with E-state index in [2.05, 4.69) is 10.6 Å². The van der Waals surface area contributed by atoms with Gasteiger partial charge in [-0.15, -0.1) is 0 Å². The van der Waals surface area contributed by atoms with Gasteiger partial charge in [-0.3, -0.25) is 9.59 Å². The third kappa shape index (κ3) is 3.15. The molecular formula is C19H19ClN2O2. The number of anilines is 2. The summed E-state index contributed by atoms with van der Waals surface area (Å²) < 4.78 is 0. The Hall–Kier alpha value is -2.33. The fourth-order valence-electron chi connectivity index (χ4n) is 2.60. The van der Waals surface area contributed by atoms with E-state index in [0.717, 1.165) is 16.8 Å². The number of carbonyl (C=O) groups excluding carboxylic acids is 2. The number of hydrogen-bond acceptors (Lipinski definition) is 2. The van der Waals surface area contributed by atoms with Gasteiger partial charge in [0, 0.05) is 5.69 Å². The van der Waals surface area contributed by atoms with E-state index >= 15 is 0 Å². The van der Waals surface area contributed by atoms with Crippen LogP contribution >= 0.6 is 11.6 Å². The van der Waals surface area contributed by atoms with Crippen molar-refractivity contribution in [3.8, 4) is 0 Å². The van der Waals surface area contributed by atoms with Crippen LogP contribution in [0.25, 0.3) is 0 Å². The first kappa shape index (κ1) is 16.5. The van der Waals surface area contributed by atoms with Crippen LogP contribution in [-0.2, 0) is 9.59 Å². The summed E-state index contributed by atoms with van der Waals surface area (Å²) in [7, 11) is 0. The Labute approximate surface area is 146 Å². The summed E-state index contributed by atoms with van der Waals surface area (Å²) in [6.45, 7) is 3.89. The zero-order valence-electron chi connectivity index (χ0n) is 13.7. The monoisotopic (exact) mass is 342 g/mol. The van der Waals surface area contributed by atoms with Crippen molar-refractivity contribution in [1.82, 2.24) is 0 Å². The molecule has 24 heavy (non-hydrogen) atoms. The van der Waals surface area contributed by atoms with Crippen molar-refractivity contribution in [3.63, 3.8) is 0 Å². The molecule has 3 rings (SSSR count). The number of rotatable bonds is 4. The normalized spacial score (nSPS) is 14.8. The van der Waals surface area contributed by atoms with Crippen LogP contribution in [0.3, 0.4) is 0 Å². The van der Waals surface area contributed by atoms with Gasteiger partial charge in [-0.25, -0.2) is 0 Å². The van der Waals surface area contributed by atoms with Crippen molar-refractivity contribution in [2.75, 3.05) is 10.6 Å². The van der Waals surface area contributed by atoms with E-state index in [4.69, 9.17) is 11.6 Å². The summed E-state index contributed by atoms with van der Waals surface area (Å²) in [6.07, 6.45) is 1.08. The second kappa shape index (κ2) is 6.29. The van der Waals surface area contributed by atoms with Crippen LogP contribution in [0.4, 0.5) is 11.4 Å². The molecule has 0 aliphatic heterocycles. The fraction of sp³-hybridized carbons (Fsp3) is 0.263. The number of nitrogens with one attached hydrogen (secondary N) is 2. The number of carbonyl (C=O) groups is 2. The van der Waals surface area contributed by atoms with Gasteiger partial charge in [-0.1, -0.05) is 35.9 Å². The lowest BCUT2D eigenvalue weighted by atomic mass is 10.0. The minimum atomic E-state index is -1.00. The largest absolute Gasteiger partial charge is 0.325 e. The van der Waals surface area contributed by atoms with Crippen molar-refractivity contribution in [1.29, 1.82) is 0 Å². The van der Waals surface area contributed by atoms with E-state index in [1.165, 1.54) is 0 Å². The predicted octanol–water partition coefficient (Wildman–Crippen LogP) is 4.31. The van der Waals surface area contributed by atoms with Crippen LogP contribution in [0, 0.1) is 19.3 Å². The maximum absolute atomic E-state index is 12.7. The van der Waals surface area contributed by atoms with Gasteiger partial charge in [0.15, 0.2) is 0 Å². The molecule has 124 valence electrons. The van der Waals surface area contributed by atoms with Gasteiger partial charge >= 0.3 is 0 Å². The molecule has 0 saturated heterocycles. The summed E-state index contributed by atoms with van der Waals surface area (Å²) in [5.74, 6) is -0.570. The third-order valence-corrected chi connectivity index (χ3v) is 4.71. The van der Waals surface area contributed by atoms with E-state index in [9.17, 15) is 9.59 Å². The molecule has 1 saturated carbocycles. The maximum atomic E-state index is 12.7. The van der Waals surface area contributed by atoms with E-state index in [1.54, 1.807) is 24.3 Å². The van der Waals surface area contributed by atoms with Crippen molar-refractivity contribution < 1.29 is 9.59 Å². The molecule has 0 aromatic heterocycles. The van der Waals surface area contributed by atoms with Crippen molar-refractivity contribution in [3.05, 3.63) is 58.6 Å². The van der Waals surface area contributed by atoms with E-state index < -0.39 is 5.41 Å². The molecule has 1 aliphatic rings. The highest BCUT2D eigenvalue weighted by Gasteiger charge is 2.56. The Balaban J connectivity index is 1.75. The molecule has 2 aromatic rings. The molecule has 0 radical (unpaired) electrons. The SMILES string of the molecule is Cc1ccc(C)c(NC(=O)C2(C(=O)Nc3ccccc3Cl)CC2)c1. The minimum absolute atomic E-state index is 0.263. The number of para-hydroxylation sites is 1. The lowest BCUT2D eigenvalue weighted by Crippen LogP contribution is -2.35. The molecule has 2 aromatic carbocycles. The first-order valence-corrected chi connectivity index (χ1v) is 8.25. The highest BCUT2D eigenvalue weighted by atomic mass is 35.5. The standard InChI is InChI=1S/C19H19ClN2O2/c1-12-7-8-13(2)16(11-12)22-18(24)19(9-10-19)17(23)21-15-6-4-3-5-14(15)20/h3-8,11H,9-10H2,1-2H3,(H,21,23)(H,22,24). The molecule has 2 amide bonds. The smallest absolute Gasteiger partial charge is 0.240 e. The highest BCUT2D eigenvalue weighted by Crippen LogP contribution is 2.48. The molecule has 1 aliphatic carbocycles. The Morgan fingerprint density at radius 1 is 0.958 bits per heavy atom. The molecule has 0 spiro atoms. The zero-order valence-corrected chi connectivity index (χ0v) is 14.4. The molecule has 0 bridgehead atoms. The first-order valence-electron chi connectivity index (χ1n) is 7.87. The number of amides is 2. The van der Waals surface area contributed by atoms with Gasteiger partial charge < -0.3 is 10.6 Å². The zero-order chi connectivity index (χ0) is 17.3. The Morgan fingerprint density at radius 2 is 1.58 bits per heavy atom. The number of benzene rings is 2. The van der Waals surface area contributed by atoms with Crippen LogP contribution < -0.4 is 10.6 Å². The van der Waals surface area contributed by atoms with Crippen LogP contribution in [0.1, 0.15) is 24.0 Å². The van der Waals surface area contributed by atoms with Gasteiger partial charge in [-0.2, -0.15) is 0 Å². The van der Waals surface area contributed by atoms with Crippen molar-refractivity contribution in [2.24, 2.45) is 5.41 Å². The van der Waals surface area contributed by atoms with Crippen LogP contribution in [0.2, 0.25) is 5.02 Å². The maximum Gasteiger partial charge on any atom is 0.240 e. The summed E-state index contributed by atoms with van der Waals surface area (Å²) in [6, 6.07) is 12.9. The Bertz CT molecular complexity index is 813. The molecule has 2 N–H and O–H groups in total. The number of aryl methyl sites for hydroxylation is 2. The molecule has 0 heterocycles. The van der Waals surface area contributed by atoms with E-state index in [1.807, 2.05) is 32.0 Å². The first-order chi connectivity index (χ1) is 11.4. The number of hydrogen-bond donors (Lipinski definition) is 2. The molecular weight excluding hydrogens is 324 g/mol. The predicted molar refractivity (Wildman–Crippen MR) is 96.3 cm³/mol. The molecule has 0 atom stereocenters. The lowest BCUT2D eigenvalue weighted by Gasteiger charge is -2.17. The average molecular weight is 343 g/mol. The van der Waals surface area contributed by atoms with Crippen LogP contribution in [0.15, 0.2) is 42.5 Å². The average Bonchev–Trinajstić information content (AvgIpc) is 3.35. The van der Waals surface area contributed by atoms with Gasteiger partial charge in [0.05, 0.1) is 10.7 Å². The van der Waals surface area contributed by atoms with Crippen molar-refractivity contribution >= 4 is 34.8 Å². The molecule has 1 fully saturated rings. The van der Waals surface area contributed by atoms with E-state index in [0.29, 0.717) is 23.6 Å². The molecule has 4 nitrogen and oxygen atoms in total. The quantitative estimate of drug-likeness (QED) is 0.813. The fourth-order valence-corrected chi connectivity index (χ4v) is 2.78. The topological polar surface area (TPSA) is 58.2 Å². The minimum Gasteiger partial charge on any atom is -0.325 e. The van der Waals surface area contributed by atoms with Crippen LogP contribution in [0.5, 0.6) is 0 Å². The Kier molecular flexibility index (Phi) is 4.33. The summed E-state index contributed by atoms with van der Waals surface area (Å²) in [5, 5.41) is 6.13. The summed E-state index contributed by atoms with van der Waals surface area (Å²) >= 11 is 6.07. The highest BCUT2D eigenvalue weighted by molar-refractivity contribution is 6.34. The summed E-state index contributed by atoms with van der Waals surface area (Å²) in [5.41, 5.74) is 2.29. The Morgan fingerprint density at radius 3 is 2.21 bits per heavy atom. The van der Waals surface area contributed by atoms with Crippen LogP contribution in [-0.4, -0.2) is 11.8 Å². The lowest BCUT2D eigenvalue weighted by molar-refractivity contribution is -0.131. The summed E-state index contributed by atoms with van der Waals surface area (Å²) in [4.78, 5) is 25.3. The van der Waals surface area contributed by atoms with Gasteiger partial charge in [0.1, 0.15) is 5.41 Å². The molecule has 0 unspecified atom stereocenters. The molecule has 5 heteroatoms. The van der Waals surface area contributed by atoms with Gasteiger partial charge in [-0.05, 0) is 56.0 Å². The van der Waals surface area contributed by atoms with Gasteiger partial charge in [0.25, 0.3) is 0 Å².